The van der Waals surface area contributed by atoms with E-state index in [0.717, 1.165) is 77.0 Å². The molecule has 0 aromatic heterocycles. The molecule has 1 aliphatic rings. The predicted molar refractivity (Wildman–Crippen MR) is 428 cm³/mol. The Morgan fingerprint density at radius 1 is 0.456 bits per heavy atom. The molecule has 13 N–H and O–H groups in total. The summed E-state index contributed by atoms with van der Waals surface area (Å²) in [5.74, 6) is -3.65. The molecule has 6 amide bonds. The van der Waals surface area contributed by atoms with Gasteiger partial charge in [0.05, 0.1) is 52.3 Å². The predicted octanol–water partition coefficient (Wildman–Crippen LogP) is 2.89. The molecule has 0 radical (unpaired) electrons. The van der Waals surface area contributed by atoms with Gasteiger partial charge in [0.1, 0.15) is 29.7 Å². The molecule has 0 heterocycles. The van der Waals surface area contributed by atoms with E-state index in [9.17, 15) is 53.7 Å². The number of aromatic hydroxyl groups is 1. The summed E-state index contributed by atoms with van der Waals surface area (Å²) in [6.45, 7) is 21.5. The number of carbonyl (C=O) groups is 8. The number of carboxylic acids is 1. The number of Topliss-reactive ketones (excluding diaryl/α,β-unsaturated/α-hetero) is 1. The number of hydrogen-bond acceptors (Lipinski definition) is 28. The highest BCUT2D eigenvalue weighted by atomic mass is 16.5. The lowest BCUT2D eigenvalue weighted by molar-refractivity contribution is -0.142. The van der Waals surface area contributed by atoms with Crippen molar-refractivity contribution in [3.63, 3.8) is 0 Å². The third-order valence-corrected chi connectivity index (χ3v) is 16.2. The molecule has 2 unspecified atom stereocenters. The fourth-order valence-corrected chi connectivity index (χ4v) is 10.0. The first-order chi connectivity index (χ1) is 55.0. The van der Waals surface area contributed by atoms with E-state index >= 15 is 0 Å². The number of methoxy groups -OCH3 is 2. The first-order valence-corrected chi connectivity index (χ1v) is 40.3. The molecule has 1 fully saturated rings. The third-order valence-electron chi connectivity index (χ3n) is 16.2. The SMILES string of the molecule is C.CC(=O)NC(CO)C(=O)N[C@@H](CCCCN)C(=O)NC(Cc1ccc(O)cc1)C(=O)O.CNC(=O)CC[C@H](N)C(=O)NCCOCCCOCCCOCCCOCCCOCCCOCCCOCCOC.COCCOCCCOCCCOCCCOCCCOCCCOCCCOCCNC(=O)[C@@H]1CCC(=O)C1. The monoisotopic (exact) mass is 1640 g/mol. The Labute approximate surface area is 678 Å². The van der Waals surface area contributed by atoms with Gasteiger partial charge in [-0.05, 0) is 133 Å². The number of nitrogens with one attached hydrogen (secondary N) is 6. The van der Waals surface area contributed by atoms with Crippen LogP contribution in [0.3, 0.4) is 0 Å². The van der Waals surface area contributed by atoms with Crippen molar-refractivity contribution >= 4 is 47.2 Å². The number of phenolic OH excluding ortho intramolecular Hbond substituents is 1. The lowest BCUT2D eigenvalue weighted by atomic mass is 10.0. The lowest BCUT2D eigenvalue weighted by Crippen LogP contribution is -2.56. The largest absolute Gasteiger partial charge is 0.508 e. The molecule has 1 aromatic rings. The van der Waals surface area contributed by atoms with E-state index in [4.69, 9.17) is 87.3 Å². The van der Waals surface area contributed by atoms with E-state index < -0.39 is 54.5 Å². The number of carbonyl (C=O) groups excluding carboxylic acids is 7. The van der Waals surface area contributed by atoms with Gasteiger partial charge < -0.3 is 134 Å². The van der Waals surface area contributed by atoms with Gasteiger partial charge in [0.25, 0.3) is 0 Å². The highest BCUT2D eigenvalue weighted by Gasteiger charge is 2.30. The van der Waals surface area contributed by atoms with Crippen molar-refractivity contribution in [1.29, 1.82) is 0 Å². The number of amides is 6. The van der Waals surface area contributed by atoms with Crippen LogP contribution >= 0.6 is 0 Å². The van der Waals surface area contributed by atoms with Crippen LogP contribution in [-0.2, 0) is 121 Å². The molecule has 666 valence electrons. The minimum atomic E-state index is -1.27. The minimum absolute atomic E-state index is 0. The number of carboxylic acid groups (broad SMARTS) is 1. The number of aliphatic hydroxyl groups is 1. The maximum atomic E-state index is 12.8. The molecular weight excluding hydrogens is 1490 g/mol. The van der Waals surface area contributed by atoms with Crippen LogP contribution in [0, 0.1) is 5.92 Å². The molecule has 1 aromatic carbocycles. The van der Waals surface area contributed by atoms with Crippen LogP contribution in [0.25, 0.3) is 0 Å². The Morgan fingerprint density at radius 3 is 1.13 bits per heavy atom. The average Bonchev–Trinajstić information content (AvgIpc) is 1.72. The summed E-state index contributed by atoms with van der Waals surface area (Å²) in [7, 11) is 4.88. The number of ether oxygens (including phenoxy) is 16. The van der Waals surface area contributed by atoms with Crippen LogP contribution in [0.4, 0.5) is 0 Å². The van der Waals surface area contributed by atoms with Gasteiger partial charge >= 0.3 is 5.97 Å². The van der Waals surface area contributed by atoms with E-state index in [1.54, 1.807) is 21.3 Å². The Hall–Kier alpha value is -5.78. The quantitative estimate of drug-likeness (QED) is 0.0418. The van der Waals surface area contributed by atoms with E-state index in [1.807, 2.05) is 0 Å². The summed E-state index contributed by atoms with van der Waals surface area (Å²) in [5.41, 5.74) is 11.8. The van der Waals surface area contributed by atoms with Crippen LogP contribution in [-0.4, -0.2) is 332 Å². The molecule has 0 bridgehead atoms. The summed E-state index contributed by atoms with van der Waals surface area (Å²) in [6, 6.07) is 1.60. The third kappa shape index (κ3) is 72.7. The fourth-order valence-electron chi connectivity index (χ4n) is 10.0. The highest BCUT2D eigenvalue weighted by Crippen LogP contribution is 2.22. The van der Waals surface area contributed by atoms with Crippen LogP contribution in [0.2, 0.25) is 0 Å². The van der Waals surface area contributed by atoms with Crippen molar-refractivity contribution in [2.75, 3.05) is 246 Å². The maximum Gasteiger partial charge on any atom is 0.326 e. The van der Waals surface area contributed by atoms with Gasteiger partial charge in [0.2, 0.25) is 35.4 Å². The summed E-state index contributed by atoms with van der Waals surface area (Å²) in [5, 5.41) is 43.3. The van der Waals surface area contributed by atoms with Crippen LogP contribution < -0.4 is 43.4 Å². The van der Waals surface area contributed by atoms with Crippen molar-refractivity contribution in [2.45, 2.75) is 173 Å². The van der Waals surface area contributed by atoms with Gasteiger partial charge in [-0.15, -0.1) is 0 Å². The normalized spacial score (nSPS) is 13.4. The summed E-state index contributed by atoms with van der Waals surface area (Å²) in [6.07, 6.45) is 13.8. The zero-order valence-corrected chi connectivity index (χ0v) is 68.4. The van der Waals surface area contributed by atoms with Crippen molar-refractivity contribution in [2.24, 2.45) is 17.4 Å². The number of nitrogens with two attached hydrogens (primary N) is 2. The average molecular weight is 1640 g/mol. The van der Waals surface area contributed by atoms with E-state index in [1.165, 1.54) is 31.2 Å². The van der Waals surface area contributed by atoms with Crippen LogP contribution in [0.5, 0.6) is 5.75 Å². The molecule has 1 saturated carbocycles. The number of unbranched alkanes of at least 4 members (excludes halogenated alkanes) is 1. The molecule has 114 heavy (non-hydrogen) atoms. The zero-order chi connectivity index (χ0) is 82.9. The second-order valence-electron chi connectivity index (χ2n) is 26.2. The first kappa shape index (κ1) is 110. The first-order valence-electron chi connectivity index (χ1n) is 40.3. The smallest absolute Gasteiger partial charge is 0.326 e. The van der Waals surface area contributed by atoms with Crippen LogP contribution in [0.1, 0.15) is 148 Å². The summed E-state index contributed by atoms with van der Waals surface area (Å²) >= 11 is 0. The van der Waals surface area contributed by atoms with Crippen molar-refractivity contribution in [3.05, 3.63) is 29.8 Å². The van der Waals surface area contributed by atoms with Crippen molar-refractivity contribution < 1.29 is 129 Å². The lowest BCUT2D eigenvalue weighted by Gasteiger charge is -2.23. The van der Waals surface area contributed by atoms with Gasteiger partial charge in [-0.25, -0.2) is 4.79 Å². The molecule has 35 heteroatoms. The van der Waals surface area contributed by atoms with Gasteiger partial charge in [-0.1, -0.05) is 19.6 Å². The maximum absolute atomic E-state index is 12.8. The number of rotatable bonds is 78. The Bertz CT molecular complexity index is 2440. The van der Waals surface area contributed by atoms with E-state index in [0.29, 0.717) is 262 Å². The highest BCUT2D eigenvalue weighted by molar-refractivity contribution is 5.93. The summed E-state index contributed by atoms with van der Waals surface area (Å²) in [4.78, 5) is 94.1. The number of hydrogen-bond donors (Lipinski definition) is 11. The molecular formula is C79H148N8O27. The van der Waals surface area contributed by atoms with Gasteiger partial charge in [0.15, 0.2) is 0 Å². The standard InChI is InChI=1S/C29H59N3O10.C29H55NO10.C20H30N4O7.CH4/c1-31-28(33)10-9-27(30)29(34)32-11-24-41-22-7-20-39-18-5-16-37-14-3-12-36-13-4-15-38-17-6-19-40-21-8-23-42-26-25-35-2;1-33-24-25-40-22-7-20-38-18-5-16-36-14-3-12-34-11-2-13-35-15-4-17-37-19-6-21-39-23-10-30-29(32)27-8-9-28(31)26-27;1-12(26)22-17(11-25)19(29)23-15(4-2-3-9-21)18(28)24-16(20(30)31)10-13-5-7-14(27)8-6-13;/h27H,3-26,30H2,1-2H3,(H,31,33)(H,32,34);27H,2-26H2,1H3,(H,30,32);5-8,15-17,25,27H,2-4,9-11,21H2,1H3,(H,22,26)(H,23,29)(H,24,28)(H,30,31);1H4/t2*27-;15-,16?,17?;/m010./s1. The molecule has 2 rings (SSSR count). The number of aliphatic hydroxyl groups excluding tert-OH is 1. The molecule has 1 aliphatic carbocycles. The number of phenols is 1. The van der Waals surface area contributed by atoms with Gasteiger partial charge in [0, 0.05) is 231 Å². The number of benzene rings is 1. The Balaban J connectivity index is 0. The molecule has 5 atom stereocenters. The summed E-state index contributed by atoms with van der Waals surface area (Å²) < 4.78 is 87.5. The molecule has 0 aliphatic heterocycles. The number of aliphatic carboxylic acids is 1. The Kier molecular flexibility index (Phi) is 81.0. The fraction of sp³-hybridized carbons (Fsp3) is 0.823. The zero-order valence-electron chi connectivity index (χ0n) is 68.4. The number of ketones is 1. The topological polar surface area (TPSA) is 469 Å². The van der Waals surface area contributed by atoms with Crippen molar-refractivity contribution in [3.8, 4) is 5.75 Å². The van der Waals surface area contributed by atoms with Gasteiger partial charge in [-0.2, -0.15) is 0 Å². The van der Waals surface area contributed by atoms with E-state index in [-0.39, 0.29) is 61.9 Å². The van der Waals surface area contributed by atoms with E-state index in [2.05, 4.69) is 31.9 Å². The second-order valence-corrected chi connectivity index (χ2v) is 26.2. The van der Waals surface area contributed by atoms with Crippen molar-refractivity contribution in [1.82, 2.24) is 31.9 Å². The van der Waals surface area contributed by atoms with Gasteiger partial charge in [-0.3, -0.25) is 33.6 Å². The van der Waals surface area contributed by atoms with Crippen LogP contribution in [0.15, 0.2) is 24.3 Å². The molecule has 0 spiro atoms. The molecule has 0 saturated heterocycles. The second kappa shape index (κ2) is 83.7. The Morgan fingerprint density at radius 2 is 0.807 bits per heavy atom. The molecule has 35 nitrogen and oxygen atoms in total. The minimum Gasteiger partial charge on any atom is -0.508 e.